The molecule has 0 unspecified atom stereocenters. The lowest BCUT2D eigenvalue weighted by molar-refractivity contribution is 0.919. The monoisotopic (exact) mass is 234 g/mol. The van der Waals surface area contributed by atoms with Gasteiger partial charge in [0.15, 0.2) is 5.43 Å². The zero-order valence-corrected chi connectivity index (χ0v) is 9.84. The summed E-state index contributed by atoms with van der Waals surface area (Å²) in [5.74, 6) is 0. The molecule has 0 N–H and O–H groups in total. The number of aromatic nitrogens is 2. The van der Waals surface area contributed by atoms with Crippen LogP contribution in [-0.2, 0) is 7.05 Å². The molecule has 1 heterocycles. The van der Waals surface area contributed by atoms with Crippen molar-refractivity contribution in [2.24, 2.45) is 7.05 Å². The highest BCUT2D eigenvalue weighted by molar-refractivity contribution is 6.21. The zero-order chi connectivity index (χ0) is 12.3. The highest BCUT2D eigenvalue weighted by atomic mass is 16.1. The van der Waals surface area contributed by atoms with Gasteiger partial charge < -0.3 is 4.57 Å². The van der Waals surface area contributed by atoms with E-state index in [9.17, 15) is 4.79 Å². The Balaban J connectivity index is 2.51. The van der Waals surface area contributed by atoms with Crippen molar-refractivity contribution < 1.29 is 0 Å². The summed E-state index contributed by atoms with van der Waals surface area (Å²) in [5, 5.41) is 3.98. The van der Waals surface area contributed by atoms with Gasteiger partial charge in [-0.25, -0.2) is 4.98 Å². The number of rotatable bonds is 0. The first-order valence-electron chi connectivity index (χ1n) is 5.85. The lowest BCUT2D eigenvalue weighted by Crippen LogP contribution is -2.02. The van der Waals surface area contributed by atoms with Gasteiger partial charge in [-0.1, -0.05) is 12.1 Å². The van der Waals surface area contributed by atoms with Crippen LogP contribution in [0, 0.1) is 0 Å². The fourth-order valence-electron chi connectivity index (χ4n) is 2.70. The molecular formula is C15H10N2O. The van der Waals surface area contributed by atoms with E-state index in [0.29, 0.717) is 0 Å². The molecule has 18 heavy (non-hydrogen) atoms. The van der Waals surface area contributed by atoms with Gasteiger partial charge in [0.1, 0.15) is 0 Å². The van der Waals surface area contributed by atoms with E-state index in [1.54, 1.807) is 12.4 Å². The van der Waals surface area contributed by atoms with Crippen LogP contribution in [0.3, 0.4) is 0 Å². The molecule has 0 saturated carbocycles. The highest BCUT2D eigenvalue weighted by Crippen LogP contribution is 2.31. The van der Waals surface area contributed by atoms with Crippen LogP contribution in [0.4, 0.5) is 0 Å². The van der Waals surface area contributed by atoms with E-state index in [0.717, 1.165) is 32.6 Å². The maximum atomic E-state index is 11.9. The van der Waals surface area contributed by atoms with Crippen LogP contribution in [0.25, 0.3) is 32.6 Å². The minimum atomic E-state index is 0.0726. The molecule has 3 nitrogen and oxygen atoms in total. The topological polar surface area (TPSA) is 34.9 Å². The summed E-state index contributed by atoms with van der Waals surface area (Å²) in [6.45, 7) is 0. The van der Waals surface area contributed by atoms with Crippen LogP contribution in [0.1, 0.15) is 0 Å². The molecule has 0 aliphatic heterocycles. The lowest BCUT2D eigenvalue weighted by atomic mass is 9.98. The minimum Gasteiger partial charge on any atom is -0.335 e. The van der Waals surface area contributed by atoms with Gasteiger partial charge in [0.05, 0.1) is 17.4 Å². The molecule has 1 aromatic heterocycles. The Morgan fingerprint density at radius 3 is 2.72 bits per heavy atom. The van der Waals surface area contributed by atoms with Crippen molar-refractivity contribution in [3.63, 3.8) is 0 Å². The summed E-state index contributed by atoms with van der Waals surface area (Å²) in [6.07, 6.45) is 1.81. The predicted molar refractivity (Wildman–Crippen MR) is 73.2 cm³/mol. The zero-order valence-electron chi connectivity index (χ0n) is 9.84. The molecule has 4 aromatic rings. The van der Waals surface area contributed by atoms with E-state index in [2.05, 4.69) is 4.98 Å². The van der Waals surface area contributed by atoms with Crippen LogP contribution in [0.2, 0.25) is 0 Å². The smallest absolute Gasteiger partial charge is 0.186 e. The van der Waals surface area contributed by atoms with Gasteiger partial charge in [-0.15, -0.1) is 0 Å². The van der Waals surface area contributed by atoms with Crippen molar-refractivity contribution in [2.45, 2.75) is 0 Å². The van der Waals surface area contributed by atoms with Gasteiger partial charge in [-0.05, 0) is 29.7 Å². The minimum absolute atomic E-state index is 0.0726. The summed E-state index contributed by atoms with van der Waals surface area (Å²) in [6, 6.07) is 11.5. The molecule has 0 aliphatic rings. The van der Waals surface area contributed by atoms with Crippen LogP contribution >= 0.6 is 0 Å². The van der Waals surface area contributed by atoms with Gasteiger partial charge in [0.25, 0.3) is 0 Å². The first kappa shape index (κ1) is 9.59. The molecule has 0 spiro atoms. The molecule has 0 amide bonds. The van der Waals surface area contributed by atoms with Gasteiger partial charge in [0, 0.05) is 23.2 Å². The fraction of sp³-hybridized carbons (Fsp3) is 0.0667. The number of benzene rings is 3. The molecule has 0 aliphatic carbocycles. The standard InChI is InChI=1S/C15H10N2O/c1-17-8-16-11-5-2-9-3-7-13(18)10-4-6-12(17)15(11)14(9)10/h2-8H,1H3. The third-order valence-electron chi connectivity index (χ3n) is 3.58. The van der Waals surface area contributed by atoms with Crippen LogP contribution in [0.5, 0.6) is 0 Å². The molecule has 0 fully saturated rings. The number of aryl methyl sites for hydroxylation is 1. The van der Waals surface area contributed by atoms with Crippen molar-refractivity contribution in [3.8, 4) is 0 Å². The molecular weight excluding hydrogens is 224 g/mol. The van der Waals surface area contributed by atoms with E-state index in [1.807, 2.05) is 41.9 Å². The summed E-state index contributed by atoms with van der Waals surface area (Å²) in [5.41, 5.74) is 2.11. The maximum Gasteiger partial charge on any atom is 0.186 e. The molecule has 86 valence electrons. The van der Waals surface area contributed by atoms with E-state index in [4.69, 9.17) is 0 Å². The Bertz CT molecular complexity index is 953. The average molecular weight is 234 g/mol. The first-order valence-corrected chi connectivity index (χ1v) is 5.85. The Hall–Kier alpha value is -2.42. The molecule has 3 heteroatoms. The van der Waals surface area contributed by atoms with Gasteiger partial charge in [0.2, 0.25) is 0 Å². The largest absolute Gasteiger partial charge is 0.335 e. The van der Waals surface area contributed by atoms with Crippen molar-refractivity contribution in [1.29, 1.82) is 0 Å². The quantitative estimate of drug-likeness (QED) is 0.438. The molecule has 0 saturated heterocycles. The molecule has 4 rings (SSSR count). The van der Waals surface area contributed by atoms with E-state index in [1.165, 1.54) is 0 Å². The second-order valence-corrected chi connectivity index (χ2v) is 4.61. The van der Waals surface area contributed by atoms with E-state index >= 15 is 0 Å². The second-order valence-electron chi connectivity index (χ2n) is 4.61. The number of hydrogen-bond donors (Lipinski definition) is 0. The normalized spacial score (nSPS) is 11.8. The highest BCUT2D eigenvalue weighted by Gasteiger charge is 2.11. The third-order valence-corrected chi connectivity index (χ3v) is 3.58. The van der Waals surface area contributed by atoms with Crippen molar-refractivity contribution in [3.05, 3.63) is 52.9 Å². The lowest BCUT2D eigenvalue weighted by Gasteiger charge is -2.11. The van der Waals surface area contributed by atoms with Gasteiger partial charge in [-0.3, -0.25) is 4.79 Å². The van der Waals surface area contributed by atoms with Gasteiger partial charge >= 0.3 is 0 Å². The second kappa shape index (κ2) is 3.07. The molecule has 3 aromatic carbocycles. The SMILES string of the molecule is Cn1cnc2ccc3ccc(=O)c4ccc1c2c34. The van der Waals surface area contributed by atoms with Crippen LogP contribution < -0.4 is 5.43 Å². The van der Waals surface area contributed by atoms with Crippen molar-refractivity contribution >= 4 is 32.6 Å². The summed E-state index contributed by atoms with van der Waals surface area (Å²) < 4.78 is 1.98. The Morgan fingerprint density at radius 2 is 1.83 bits per heavy atom. The third kappa shape index (κ3) is 1.03. The van der Waals surface area contributed by atoms with Crippen molar-refractivity contribution in [2.75, 3.05) is 0 Å². The first-order chi connectivity index (χ1) is 8.75. The maximum absolute atomic E-state index is 11.9. The molecule has 0 bridgehead atoms. The Kier molecular flexibility index (Phi) is 1.64. The Morgan fingerprint density at radius 1 is 1.00 bits per heavy atom. The van der Waals surface area contributed by atoms with Crippen LogP contribution in [-0.4, -0.2) is 9.55 Å². The average Bonchev–Trinajstić information content (AvgIpc) is 2.40. The molecule has 0 radical (unpaired) electrons. The van der Waals surface area contributed by atoms with Gasteiger partial charge in [-0.2, -0.15) is 0 Å². The van der Waals surface area contributed by atoms with E-state index in [-0.39, 0.29) is 5.43 Å². The summed E-state index contributed by atoms with van der Waals surface area (Å²) in [4.78, 5) is 16.4. The number of nitrogens with zero attached hydrogens (tertiary/aromatic N) is 2. The van der Waals surface area contributed by atoms with Crippen LogP contribution in [0.15, 0.2) is 47.5 Å². The number of hydrogen-bond acceptors (Lipinski definition) is 2. The fourth-order valence-corrected chi connectivity index (χ4v) is 2.70. The predicted octanol–water partition coefficient (Wildman–Crippen LogP) is 2.68. The molecule has 0 atom stereocenters. The summed E-state index contributed by atoms with van der Waals surface area (Å²) >= 11 is 0. The Labute approximate surface area is 103 Å². The summed E-state index contributed by atoms with van der Waals surface area (Å²) in [7, 11) is 1.97. The van der Waals surface area contributed by atoms with Crippen molar-refractivity contribution in [1.82, 2.24) is 9.55 Å². The van der Waals surface area contributed by atoms with E-state index < -0.39 is 0 Å².